The van der Waals surface area contributed by atoms with Crippen molar-refractivity contribution >= 4 is 17.7 Å². The summed E-state index contributed by atoms with van der Waals surface area (Å²) in [6.07, 6.45) is 2.22. The lowest BCUT2D eigenvalue weighted by Crippen LogP contribution is -2.04. The van der Waals surface area contributed by atoms with Crippen LogP contribution in [0.5, 0.6) is 0 Å². The summed E-state index contributed by atoms with van der Waals surface area (Å²) in [6, 6.07) is 6.58. The molecule has 1 aromatic carbocycles. The molecule has 0 amide bonds. The number of rotatable bonds is 5. The van der Waals surface area contributed by atoms with Gasteiger partial charge in [-0.25, -0.2) is 0 Å². The van der Waals surface area contributed by atoms with E-state index < -0.39 is 5.97 Å². The normalized spacial score (nSPS) is 14.4. The van der Waals surface area contributed by atoms with Crippen LogP contribution in [0, 0.1) is 13.8 Å². The van der Waals surface area contributed by atoms with Crippen molar-refractivity contribution < 1.29 is 9.90 Å². The van der Waals surface area contributed by atoms with Crippen molar-refractivity contribution in [3.05, 3.63) is 29.3 Å². The Kier molecular flexibility index (Phi) is 3.71. The van der Waals surface area contributed by atoms with Crippen molar-refractivity contribution in [3.8, 4) is 11.4 Å². The van der Waals surface area contributed by atoms with Crippen LogP contribution in [0.1, 0.15) is 30.0 Å². The van der Waals surface area contributed by atoms with Gasteiger partial charge in [-0.2, -0.15) is 0 Å². The molecule has 0 radical (unpaired) electrons. The van der Waals surface area contributed by atoms with Gasteiger partial charge in [0.15, 0.2) is 11.0 Å². The number of aromatic nitrogens is 3. The fraction of sp³-hybridized carbons (Fsp3) is 0.400. The van der Waals surface area contributed by atoms with Gasteiger partial charge in [0, 0.05) is 11.6 Å². The zero-order valence-electron chi connectivity index (χ0n) is 12.0. The van der Waals surface area contributed by atoms with Crippen LogP contribution < -0.4 is 0 Å². The molecule has 1 aromatic heterocycles. The standard InChI is InChI=1S/C15H17N3O2S/c1-9-4-3-5-10(2)13(9)14-16-17-15(21-8-12(19)20)18(14)11-6-7-11/h3-5,11H,6-8H2,1-2H3,(H,19,20). The Balaban J connectivity index is 2.05. The Morgan fingerprint density at radius 2 is 2.00 bits per heavy atom. The number of carboxylic acids is 1. The number of nitrogens with zero attached hydrogens (tertiary/aromatic N) is 3. The molecular weight excluding hydrogens is 286 g/mol. The molecule has 1 fully saturated rings. The highest BCUT2D eigenvalue weighted by atomic mass is 32.2. The molecule has 0 saturated heterocycles. The van der Waals surface area contributed by atoms with E-state index in [9.17, 15) is 4.79 Å². The Bertz CT molecular complexity index is 672. The van der Waals surface area contributed by atoms with Gasteiger partial charge in [-0.05, 0) is 37.8 Å². The molecule has 0 aliphatic heterocycles. The predicted octanol–water partition coefficient (Wildman–Crippen LogP) is 3.07. The number of aliphatic carboxylic acids is 1. The second kappa shape index (κ2) is 5.52. The fourth-order valence-corrected chi connectivity index (χ4v) is 3.23. The summed E-state index contributed by atoms with van der Waals surface area (Å²) in [6.45, 7) is 4.14. The lowest BCUT2D eigenvalue weighted by Gasteiger charge is -2.12. The molecule has 6 heteroatoms. The molecule has 3 rings (SSSR count). The summed E-state index contributed by atoms with van der Waals surface area (Å²) in [7, 11) is 0. The number of hydrogen-bond acceptors (Lipinski definition) is 4. The number of thioether (sulfide) groups is 1. The second-order valence-electron chi connectivity index (χ2n) is 5.36. The lowest BCUT2D eigenvalue weighted by atomic mass is 10.0. The number of benzene rings is 1. The van der Waals surface area contributed by atoms with Crippen molar-refractivity contribution in [2.45, 2.75) is 37.9 Å². The summed E-state index contributed by atoms with van der Waals surface area (Å²) in [5.74, 6) is 0.0393. The maximum Gasteiger partial charge on any atom is 0.313 e. The number of carboxylic acid groups (broad SMARTS) is 1. The summed E-state index contributed by atoms with van der Waals surface area (Å²) in [4.78, 5) is 10.8. The van der Waals surface area contributed by atoms with Crippen LogP contribution in [0.4, 0.5) is 0 Å². The molecule has 2 aromatic rings. The maximum atomic E-state index is 10.8. The van der Waals surface area contributed by atoms with Crippen LogP contribution in [-0.2, 0) is 4.79 Å². The highest BCUT2D eigenvalue weighted by Gasteiger charge is 2.31. The molecule has 0 atom stereocenters. The van der Waals surface area contributed by atoms with Crippen LogP contribution in [0.2, 0.25) is 0 Å². The third-order valence-electron chi connectivity index (χ3n) is 3.61. The average molecular weight is 303 g/mol. The van der Waals surface area contributed by atoms with Gasteiger partial charge >= 0.3 is 5.97 Å². The van der Waals surface area contributed by atoms with E-state index in [1.54, 1.807) is 0 Å². The van der Waals surface area contributed by atoms with Crippen molar-refractivity contribution in [1.29, 1.82) is 0 Å². The van der Waals surface area contributed by atoms with Gasteiger partial charge in [0.1, 0.15) is 0 Å². The molecule has 1 saturated carbocycles. The highest BCUT2D eigenvalue weighted by molar-refractivity contribution is 7.99. The first kappa shape index (κ1) is 14.1. The van der Waals surface area contributed by atoms with Crippen molar-refractivity contribution in [1.82, 2.24) is 14.8 Å². The maximum absolute atomic E-state index is 10.8. The van der Waals surface area contributed by atoms with E-state index in [2.05, 4.69) is 40.7 Å². The molecule has 1 aliphatic carbocycles. The number of hydrogen-bond donors (Lipinski definition) is 1. The first-order chi connectivity index (χ1) is 10.1. The molecule has 1 N–H and O–H groups in total. The van der Waals surface area contributed by atoms with Gasteiger partial charge in [0.05, 0.1) is 5.75 Å². The topological polar surface area (TPSA) is 68.0 Å². The second-order valence-corrected chi connectivity index (χ2v) is 6.30. The zero-order valence-corrected chi connectivity index (χ0v) is 12.9. The largest absolute Gasteiger partial charge is 0.481 e. The van der Waals surface area contributed by atoms with E-state index >= 15 is 0 Å². The molecule has 21 heavy (non-hydrogen) atoms. The minimum atomic E-state index is -0.834. The Hall–Kier alpha value is -1.82. The first-order valence-electron chi connectivity index (χ1n) is 6.94. The monoisotopic (exact) mass is 303 g/mol. The Labute approximate surface area is 127 Å². The van der Waals surface area contributed by atoms with Crippen LogP contribution in [-0.4, -0.2) is 31.6 Å². The van der Waals surface area contributed by atoms with Gasteiger partial charge in [-0.15, -0.1) is 10.2 Å². The minimum absolute atomic E-state index is 0.0115. The van der Waals surface area contributed by atoms with Crippen molar-refractivity contribution in [2.24, 2.45) is 0 Å². The lowest BCUT2D eigenvalue weighted by molar-refractivity contribution is -0.133. The van der Waals surface area contributed by atoms with Crippen LogP contribution in [0.15, 0.2) is 23.4 Å². The first-order valence-corrected chi connectivity index (χ1v) is 7.92. The van der Waals surface area contributed by atoms with Gasteiger partial charge < -0.3 is 5.11 Å². The predicted molar refractivity (Wildman–Crippen MR) is 81.6 cm³/mol. The molecule has 0 unspecified atom stereocenters. The van der Waals surface area contributed by atoms with Crippen LogP contribution in [0.25, 0.3) is 11.4 Å². The molecule has 1 heterocycles. The molecular formula is C15H17N3O2S. The molecule has 5 nitrogen and oxygen atoms in total. The zero-order chi connectivity index (χ0) is 15.0. The van der Waals surface area contributed by atoms with Crippen molar-refractivity contribution in [2.75, 3.05) is 5.75 Å². The third-order valence-corrected chi connectivity index (χ3v) is 4.53. The number of aryl methyl sites for hydroxylation is 2. The Morgan fingerprint density at radius 3 is 2.57 bits per heavy atom. The van der Waals surface area contributed by atoms with Crippen molar-refractivity contribution in [3.63, 3.8) is 0 Å². The molecule has 0 bridgehead atoms. The fourth-order valence-electron chi connectivity index (χ4n) is 2.50. The summed E-state index contributed by atoms with van der Waals surface area (Å²) >= 11 is 1.24. The third kappa shape index (κ3) is 2.81. The Morgan fingerprint density at radius 1 is 1.33 bits per heavy atom. The number of carbonyl (C=O) groups is 1. The molecule has 0 spiro atoms. The molecule has 110 valence electrons. The highest BCUT2D eigenvalue weighted by Crippen LogP contribution is 2.42. The van der Waals surface area contributed by atoms with Gasteiger partial charge in [0.25, 0.3) is 0 Å². The SMILES string of the molecule is Cc1cccc(C)c1-c1nnc(SCC(=O)O)n1C1CC1. The quantitative estimate of drug-likeness (QED) is 0.860. The van der Waals surface area contributed by atoms with E-state index in [1.165, 1.54) is 22.9 Å². The summed E-state index contributed by atoms with van der Waals surface area (Å²) < 4.78 is 2.11. The summed E-state index contributed by atoms with van der Waals surface area (Å²) in [5.41, 5.74) is 3.44. The summed E-state index contributed by atoms with van der Waals surface area (Å²) in [5, 5.41) is 18.1. The van der Waals surface area contributed by atoms with E-state index in [0.717, 1.165) is 24.2 Å². The van der Waals surface area contributed by atoms with Crippen LogP contribution in [0.3, 0.4) is 0 Å². The van der Waals surface area contributed by atoms with Gasteiger partial charge in [0.2, 0.25) is 0 Å². The van der Waals surface area contributed by atoms with Crippen LogP contribution >= 0.6 is 11.8 Å². The average Bonchev–Trinajstić information content (AvgIpc) is 3.18. The van der Waals surface area contributed by atoms with Gasteiger partial charge in [-0.1, -0.05) is 30.0 Å². The van der Waals surface area contributed by atoms with E-state index in [-0.39, 0.29) is 5.75 Å². The van der Waals surface area contributed by atoms with E-state index in [1.807, 2.05) is 6.07 Å². The van der Waals surface area contributed by atoms with E-state index in [4.69, 9.17) is 5.11 Å². The van der Waals surface area contributed by atoms with E-state index in [0.29, 0.717) is 11.2 Å². The van der Waals surface area contributed by atoms with Gasteiger partial charge in [-0.3, -0.25) is 9.36 Å². The molecule has 1 aliphatic rings. The smallest absolute Gasteiger partial charge is 0.313 e. The minimum Gasteiger partial charge on any atom is -0.481 e.